The molecule has 1 N–H and O–H groups in total. The number of hydrogen-bond acceptors (Lipinski definition) is 3. The Kier molecular flexibility index (Phi) is 4.68. The third-order valence-electron chi connectivity index (χ3n) is 4.95. The second-order valence-electron chi connectivity index (χ2n) is 6.78. The van der Waals surface area contributed by atoms with Crippen LogP contribution in [0.4, 0.5) is 0 Å². The molecular weight excluding hydrogens is 224 g/mol. The van der Waals surface area contributed by atoms with Crippen LogP contribution in [0.15, 0.2) is 0 Å². The summed E-state index contributed by atoms with van der Waals surface area (Å²) in [6.07, 6.45) is 3.92. The number of nitrogens with one attached hydrogen (secondary N) is 1. The molecule has 3 heteroatoms. The fourth-order valence-corrected chi connectivity index (χ4v) is 3.77. The molecule has 2 fully saturated rings. The van der Waals surface area contributed by atoms with Crippen LogP contribution in [-0.4, -0.2) is 50.3 Å². The molecule has 0 aromatic carbocycles. The van der Waals surface area contributed by atoms with Gasteiger partial charge in [0.25, 0.3) is 0 Å². The van der Waals surface area contributed by atoms with Gasteiger partial charge in [0.05, 0.1) is 6.61 Å². The highest BCUT2D eigenvalue weighted by Crippen LogP contribution is 2.41. The summed E-state index contributed by atoms with van der Waals surface area (Å²) in [4.78, 5) is 2.53. The van der Waals surface area contributed by atoms with Gasteiger partial charge in [0.15, 0.2) is 0 Å². The molecule has 1 aliphatic carbocycles. The minimum absolute atomic E-state index is 0.452. The standard InChI is InChI=1S/C15H30N2O/c1-5-16-14-12(6-8-15(14,2)3)10-17(4)13-7-9-18-11-13/h12-14,16H,5-11H2,1-4H3. The first kappa shape index (κ1) is 14.3. The van der Waals surface area contributed by atoms with Crippen molar-refractivity contribution in [3.8, 4) is 0 Å². The van der Waals surface area contributed by atoms with Crippen molar-refractivity contribution < 1.29 is 4.74 Å². The van der Waals surface area contributed by atoms with Crippen molar-refractivity contribution in [3.05, 3.63) is 0 Å². The molecule has 2 aliphatic rings. The zero-order valence-electron chi connectivity index (χ0n) is 12.5. The molecule has 3 nitrogen and oxygen atoms in total. The summed E-state index contributed by atoms with van der Waals surface area (Å²) in [5.41, 5.74) is 0.452. The Balaban J connectivity index is 1.91. The van der Waals surface area contributed by atoms with E-state index in [1.54, 1.807) is 0 Å². The molecule has 0 bridgehead atoms. The Hall–Kier alpha value is -0.120. The monoisotopic (exact) mass is 254 g/mol. The number of hydrogen-bond donors (Lipinski definition) is 1. The van der Waals surface area contributed by atoms with E-state index >= 15 is 0 Å². The van der Waals surface area contributed by atoms with Crippen molar-refractivity contribution in [1.29, 1.82) is 0 Å². The van der Waals surface area contributed by atoms with E-state index in [1.807, 2.05) is 0 Å². The fraction of sp³-hybridized carbons (Fsp3) is 1.00. The summed E-state index contributed by atoms with van der Waals surface area (Å²) in [6, 6.07) is 1.32. The average molecular weight is 254 g/mol. The summed E-state index contributed by atoms with van der Waals surface area (Å²) in [6.45, 7) is 11.2. The van der Waals surface area contributed by atoms with Gasteiger partial charge in [0.1, 0.15) is 0 Å². The maximum Gasteiger partial charge on any atom is 0.0622 e. The second-order valence-corrected chi connectivity index (χ2v) is 6.78. The predicted molar refractivity (Wildman–Crippen MR) is 75.8 cm³/mol. The van der Waals surface area contributed by atoms with Gasteiger partial charge >= 0.3 is 0 Å². The van der Waals surface area contributed by atoms with Gasteiger partial charge in [-0.1, -0.05) is 20.8 Å². The van der Waals surface area contributed by atoms with Gasteiger partial charge in [0, 0.05) is 25.2 Å². The molecule has 1 saturated carbocycles. The largest absolute Gasteiger partial charge is 0.380 e. The van der Waals surface area contributed by atoms with Crippen LogP contribution in [0.5, 0.6) is 0 Å². The van der Waals surface area contributed by atoms with Crippen molar-refractivity contribution in [2.45, 2.75) is 52.1 Å². The Labute approximate surface area is 112 Å². The summed E-state index contributed by atoms with van der Waals surface area (Å²) < 4.78 is 5.50. The van der Waals surface area contributed by atoms with E-state index in [1.165, 1.54) is 25.8 Å². The summed E-state index contributed by atoms with van der Waals surface area (Å²) >= 11 is 0. The van der Waals surface area contributed by atoms with E-state index < -0.39 is 0 Å². The van der Waals surface area contributed by atoms with Crippen LogP contribution >= 0.6 is 0 Å². The Morgan fingerprint density at radius 1 is 1.33 bits per heavy atom. The highest BCUT2D eigenvalue weighted by Gasteiger charge is 2.42. The number of nitrogens with zero attached hydrogens (tertiary/aromatic N) is 1. The SMILES string of the molecule is CCNC1C(CN(C)C2CCOC2)CCC1(C)C. The maximum atomic E-state index is 5.50. The lowest BCUT2D eigenvalue weighted by molar-refractivity contribution is 0.138. The zero-order valence-corrected chi connectivity index (χ0v) is 12.5. The molecule has 2 rings (SSSR count). The zero-order chi connectivity index (χ0) is 13.2. The van der Waals surface area contributed by atoms with E-state index in [2.05, 4.69) is 38.0 Å². The smallest absolute Gasteiger partial charge is 0.0622 e. The molecule has 1 saturated heterocycles. The molecule has 3 atom stereocenters. The summed E-state index contributed by atoms with van der Waals surface area (Å²) in [7, 11) is 2.27. The third kappa shape index (κ3) is 3.06. The van der Waals surface area contributed by atoms with Gasteiger partial charge in [-0.15, -0.1) is 0 Å². The molecule has 18 heavy (non-hydrogen) atoms. The van der Waals surface area contributed by atoms with Gasteiger partial charge in [0.2, 0.25) is 0 Å². The van der Waals surface area contributed by atoms with E-state index in [0.29, 0.717) is 17.5 Å². The van der Waals surface area contributed by atoms with Gasteiger partial charge in [-0.2, -0.15) is 0 Å². The molecule has 1 aliphatic heterocycles. The van der Waals surface area contributed by atoms with Crippen molar-refractivity contribution in [2.75, 3.05) is 33.4 Å². The average Bonchev–Trinajstić information content (AvgIpc) is 2.92. The molecule has 0 radical (unpaired) electrons. The van der Waals surface area contributed by atoms with Gasteiger partial charge in [-0.25, -0.2) is 0 Å². The predicted octanol–water partition coefficient (Wildman–Crippen LogP) is 2.12. The van der Waals surface area contributed by atoms with Crippen LogP contribution in [0.3, 0.4) is 0 Å². The maximum absolute atomic E-state index is 5.50. The first-order valence-corrected chi connectivity index (χ1v) is 7.56. The lowest BCUT2D eigenvalue weighted by Crippen LogP contribution is -2.46. The highest BCUT2D eigenvalue weighted by molar-refractivity contribution is 4.97. The van der Waals surface area contributed by atoms with Crippen LogP contribution in [0.1, 0.15) is 40.0 Å². The first-order valence-electron chi connectivity index (χ1n) is 7.56. The molecule has 0 spiro atoms. The van der Waals surface area contributed by atoms with Gasteiger partial charge in [-0.05, 0) is 44.2 Å². The second kappa shape index (κ2) is 5.89. The van der Waals surface area contributed by atoms with Crippen LogP contribution in [0.2, 0.25) is 0 Å². The normalized spacial score (nSPS) is 35.5. The topological polar surface area (TPSA) is 24.5 Å². The Bertz CT molecular complexity index is 261. The van der Waals surface area contributed by atoms with Crippen LogP contribution in [0.25, 0.3) is 0 Å². The molecule has 3 unspecified atom stereocenters. The van der Waals surface area contributed by atoms with Crippen molar-refractivity contribution in [2.24, 2.45) is 11.3 Å². The van der Waals surface area contributed by atoms with Crippen molar-refractivity contribution in [1.82, 2.24) is 10.2 Å². The fourth-order valence-electron chi connectivity index (χ4n) is 3.77. The summed E-state index contributed by atoms with van der Waals surface area (Å²) in [5, 5.41) is 3.72. The number of rotatable bonds is 5. The van der Waals surface area contributed by atoms with Crippen LogP contribution in [0, 0.1) is 11.3 Å². The van der Waals surface area contributed by atoms with Crippen LogP contribution in [-0.2, 0) is 4.74 Å². The van der Waals surface area contributed by atoms with Gasteiger partial charge < -0.3 is 15.0 Å². The minimum Gasteiger partial charge on any atom is -0.380 e. The lowest BCUT2D eigenvalue weighted by Gasteiger charge is -2.34. The molecular formula is C15H30N2O. The van der Waals surface area contributed by atoms with E-state index in [-0.39, 0.29) is 0 Å². The highest BCUT2D eigenvalue weighted by atomic mass is 16.5. The molecule has 1 heterocycles. The molecule has 106 valence electrons. The van der Waals surface area contributed by atoms with Crippen molar-refractivity contribution >= 4 is 0 Å². The van der Waals surface area contributed by atoms with Gasteiger partial charge in [-0.3, -0.25) is 0 Å². The summed E-state index contributed by atoms with van der Waals surface area (Å²) in [5.74, 6) is 0.797. The van der Waals surface area contributed by atoms with E-state index in [0.717, 1.165) is 25.7 Å². The first-order chi connectivity index (χ1) is 8.54. The van der Waals surface area contributed by atoms with Crippen molar-refractivity contribution in [3.63, 3.8) is 0 Å². The number of ether oxygens (including phenoxy) is 1. The van der Waals surface area contributed by atoms with Crippen LogP contribution < -0.4 is 5.32 Å². The van der Waals surface area contributed by atoms with E-state index in [9.17, 15) is 0 Å². The third-order valence-corrected chi connectivity index (χ3v) is 4.95. The minimum atomic E-state index is 0.452. The molecule has 0 amide bonds. The number of likely N-dealkylation sites (N-methyl/N-ethyl adjacent to an activating group) is 1. The Morgan fingerprint density at radius 2 is 2.11 bits per heavy atom. The molecule has 0 aromatic heterocycles. The Morgan fingerprint density at radius 3 is 2.72 bits per heavy atom. The molecule has 0 aromatic rings. The quantitative estimate of drug-likeness (QED) is 0.813. The lowest BCUT2D eigenvalue weighted by atomic mass is 9.84. The van der Waals surface area contributed by atoms with E-state index in [4.69, 9.17) is 4.74 Å².